The van der Waals surface area contributed by atoms with Crippen molar-refractivity contribution in [2.24, 2.45) is 0 Å². The van der Waals surface area contributed by atoms with Gasteiger partial charge in [-0.2, -0.15) is 0 Å². The summed E-state index contributed by atoms with van der Waals surface area (Å²) in [4.78, 5) is 12.2. The molecule has 0 aliphatic rings. The van der Waals surface area contributed by atoms with Crippen molar-refractivity contribution in [3.63, 3.8) is 0 Å². The van der Waals surface area contributed by atoms with Crippen LogP contribution in [0.5, 0.6) is 0 Å². The number of carbonyl (C=O) groups is 1. The van der Waals surface area contributed by atoms with E-state index < -0.39 is 5.54 Å². The predicted octanol–water partition coefficient (Wildman–Crippen LogP) is 3.69. The van der Waals surface area contributed by atoms with Crippen LogP contribution in [0.15, 0.2) is 36.9 Å². The van der Waals surface area contributed by atoms with Crippen molar-refractivity contribution in [1.29, 1.82) is 0 Å². The highest BCUT2D eigenvalue weighted by Gasteiger charge is 2.34. The molecule has 1 N–H and O–H groups in total. The maximum atomic E-state index is 12.2. The number of hydrogen-bond donors (Lipinski definition) is 1. The molecule has 3 nitrogen and oxygen atoms in total. The van der Waals surface area contributed by atoms with Crippen LogP contribution < -0.4 is 5.32 Å². The van der Waals surface area contributed by atoms with E-state index in [-0.39, 0.29) is 5.97 Å². The summed E-state index contributed by atoms with van der Waals surface area (Å²) in [5.41, 5.74) is 1.34. The van der Waals surface area contributed by atoms with E-state index in [0.29, 0.717) is 13.0 Å². The van der Waals surface area contributed by atoms with Gasteiger partial charge in [-0.05, 0) is 45.2 Å². The maximum absolute atomic E-state index is 12.2. The first-order chi connectivity index (χ1) is 9.03. The van der Waals surface area contributed by atoms with Crippen LogP contribution in [-0.4, -0.2) is 18.1 Å². The van der Waals surface area contributed by atoms with Gasteiger partial charge in [0.2, 0.25) is 0 Å². The van der Waals surface area contributed by atoms with Gasteiger partial charge in [-0.25, -0.2) is 4.79 Å². The average molecular weight is 261 g/mol. The molecular weight excluding hydrogens is 238 g/mol. The summed E-state index contributed by atoms with van der Waals surface area (Å²) < 4.78 is 5.18. The Labute approximate surface area is 115 Å². The first-order valence-corrected chi connectivity index (χ1v) is 6.65. The number of allylic oxidation sites excluding steroid dienone is 1. The number of para-hydroxylation sites is 1. The summed E-state index contributed by atoms with van der Waals surface area (Å²) in [6.45, 7) is 9.81. The Hall–Kier alpha value is -1.77. The Morgan fingerprint density at radius 3 is 2.74 bits per heavy atom. The Kier molecular flexibility index (Phi) is 5.61. The third-order valence-electron chi connectivity index (χ3n) is 3.13. The quantitative estimate of drug-likeness (QED) is 0.601. The van der Waals surface area contributed by atoms with Gasteiger partial charge in [0.15, 0.2) is 0 Å². The fourth-order valence-electron chi connectivity index (χ4n) is 1.91. The zero-order valence-corrected chi connectivity index (χ0v) is 12.0. The van der Waals surface area contributed by atoms with Crippen LogP contribution in [0.3, 0.4) is 0 Å². The van der Waals surface area contributed by atoms with Crippen LogP contribution in [-0.2, 0) is 9.53 Å². The van der Waals surface area contributed by atoms with Crippen LogP contribution in [0, 0.1) is 6.92 Å². The van der Waals surface area contributed by atoms with Gasteiger partial charge >= 0.3 is 5.97 Å². The Morgan fingerprint density at radius 2 is 2.16 bits per heavy atom. The molecule has 1 unspecified atom stereocenters. The number of nitrogens with one attached hydrogen (secondary N) is 1. The standard InChI is InChI=1S/C16H23NO2/c1-5-7-12-16(4,15(18)19-6-2)17-14-11-9-8-10-13(14)3/h5,8-11,17H,1,6-7,12H2,2-4H3. The van der Waals surface area contributed by atoms with Crippen molar-refractivity contribution in [3.05, 3.63) is 42.5 Å². The number of esters is 1. The van der Waals surface area contributed by atoms with Crippen LogP contribution in [0.2, 0.25) is 0 Å². The van der Waals surface area contributed by atoms with E-state index in [1.165, 1.54) is 0 Å². The molecule has 1 atom stereocenters. The molecule has 1 aromatic rings. The lowest BCUT2D eigenvalue weighted by Gasteiger charge is -2.30. The topological polar surface area (TPSA) is 38.3 Å². The second-order valence-electron chi connectivity index (χ2n) is 4.82. The van der Waals surface area contributed by atoms with E-state index in [9.17, 15) is 4.79 Å². The van der Waals surface area contributed by atoms with Crippen LogP contribution in [0.1, 0.15) is 32.3 Å². The molecule has 0 fully saturated rings. The summed E-state index contributed by atoms with van der Waals surface area (Å²) in [5, 5.41) is 3.32. The fraction of sp³-hybridized carbons (Fsp3) is 0.438. The van der Waals surface area contributed by atoms with Crippen LogP contribution >= 0.6 is 0 Å². The van der Waals surface area contributed by atoms with E-state index >= 15 is 0 Å². The van der Waals surface area contributed by atoms with Crippen molar-refractivity contribution in [2.45, 2.75) is 39.2 Å². The molecule has 1 rings (SSSR count). The molecule has 0 spiro atoms. The maximum Gasteiger partial charge on any atom is 0.331 e. The summed E-state index contributed by atoms with van der Waals surface area (Å²) >= 11 is 0. The SMILES string of the molecule is C=CCCC(C)(Nc1ccccc1C)C(=O)OCC. The molecule has 0 bridgehead atoms. The van der Waals surface area contributed by atoms with E-state index in [1.54, 1.807) is 0 Å². The van der Waals surface area contributed by atoms with Gasteiger partial charge in [-0.3, -0.25) is 0 Å². The molecule has 0 aliphatic carbocycles. The molecule has 19 heavy (non-hydrogen) atoms. The Morgan fingerprint density at radius 1 is 1.47 bits per heavy atom. The van der Waals surface area contributed by atoms with Crippen molar-refractivity contribution in [2.75, 3.05) is 11.9 Å². The smallest absolute Gasteiger partial charge is 0.331 e. The number of anilines is 1. The number of hydrogen-bond acceptors (Lipinski definition) is 3. The molecule has 0 aromatic heterocycles. The van der Waals surface area contributed by atoms with Gasteiger partial charge in [0, 0.05) is 5.69 Å². The van der Waals surface area contributed by atoms with E-state index in [0.717, 1.165) is 17.7 Å². The molecule has 0 saturated carbocycles. The lowest BCUT2D eigenvalue weighted by atomic mass is 9.94. The highest BCUT2D eigenvalue weighted by atomic mass is 16.5. The number of benzene rings is 1. The number of ether oxygens (including phenoxy) is 1. The van der Waals surface area contributed by atoms with E-state index in [4.69, 9.17) is 4.74 Å². The molecule has 0 saturated heterocycles. The molecule has 0 heterocycles. The van der Waals surface area contributed by atoms with Gasteiger partial charge in [0.25, 0.3) is 0 Å². The average Bonchev–Trinajstić information content (AvgIpc) is 2.39. The highest BCUT2D eigenvalue weighted by Crippen LogP contribution is 2.24. The Bertz CT molecular complexity index is 442. The first kappa shape index (κ1) is 15.3. The molecule has 104 valence electrons. The second kappa shape index (κ2) is 6.98. The lowest BCUT2D eigenvalue weighted by molar-refractivity contribution is -0.148. The molecule has 0 radical (unpaired) electrons. The monoisotopic (exact) mass is 261 g/mol. The molecular formula is C16H23NO2. The normalized spacial score (nSPS) is 13.4. The third-order valence-corrected chi connectivity index (χ3v) is 3.13. The second-order valence-corrected chi connectivity index (χ2v) is 4.82. The minimum atomic E-state index is -0.726. The lowest BCUT2D eigenvalue weighted by Crippen LogP contribution is -2.44. The predicted molar refractivity (Wildman–Crippen MR) is 79.3 cm³/mol. The van der Waals surface area contributed by atoms with Gasteiger partial charge in [0.05, 0.1) is 6.61 Å². The summed E-state index contributed by atoms with van der Waals surface area (Å²) in [6, 6.07) is 7.92. The van der Waals surface area contributed by atoms with Crippen molar-refractivity contribution >= 4 is 11.7 Å². The third kappa shape index (κ3) is 4.12. The van der Waals surface area contributed by atoms with Crippen molar-refractivity contribution in [1.82, 2.24) is 0 Å². The van der Waals surface area contributed by atoms with Gasteiger partial charge in [-0.15, -0.1) is 6.58 Å². The molecule has 0 aliphatic heterocycles. The minimum Gasteiger partial charge on any atom is -0.464 e. The summed E-state index contributed by atoms with van der Waals surface area (Å²) in [5.74, 6) is -0.222. The van der Waals surface area contributed by atoms with Crippen molar-refractivity contribution in [3.8, 4) is 0 Å². The van der Waals surface area contributed by atoms with Crippen LogP contribution in [0.25, 0.3) is 0 Å². The van der Waals surface area contributed by atoms with Gasteiger partial charge in [-0.1, -0.05) is 24.3 Å². The molecule has 0 amide bonds. The number of aryl methyl sites for hydroxylation is 1. The fourth-order valence-corrected chi connectivity index (χ4v) is 1.91. The van der Waals surface area contributed by atoms with E-state index in [1.807, 2.05) is 51.1 Å². The van der Waals surface area contributed by atoms with Gasteiger partial charge < -0.3 is 10.1 Å². The highest BCUT2D eigenvalue weighted by molar-refractivity contribution is 5.84. The van der Waals surface area contributed by atoms with Crippen molar-refractivity contribution < 1.29 is 9.53 Å². The number of carbonyl (C=O) groups excluding carboxylic acids is 1. The van der Waals surface area contributed by atoms with Crippen LogP contribution in [0.4, 0.5) is 5.69 Å². The largest absolute Gasteiger partial charge is 0.464 e. The zero-order valence-electron chi connectivity index (χ0n) is 12.0. The zero-order chi connectivity index (χ0) is 14.3. The van der Waals surface area contributed by atoms with Gasteiger partial charge in [0.1, 0.15) is 5.54 Å². The molecule has 3 heteroatoms. The number of rotatable bonds is 7. The Balaban J connectivity index is 2.93. The summed E-state index contributed by atoms with van der Waals surface area (Å²) in [7, 11) is 0. The first-order valence-electron chi connectivity index (χ1n) is 6.65. The van der Waals surface area contributed by atoms with E-state index in [2.05, 4.69) is 11.9 Å². The summed E-state index contributed by atoms with van der Waals surface area (Å²) in [6.07, 6.45) is 3.23. The molecule has 1 aromatic carbocycles. The minimum absolute atomic E-state index is 0.222.